The standard InChI is InChI=1S/C24H18ClN5O2/c25-17-5-3-7-20(13-17)30-12-10-22(28-30)24(31)27-18-6-4-8-21(14-18)32-16-19-15-29-11-2-1-9-23(29)26-19/h1-15H,16H2,(H,27,31). The molecular weight excluding hydrogens is 426 g/mol. The molecule has 8 heteroatoms. The molecule has 0 bridgehead atoms. The van der Waals surface area contributed by atoms with Gasteiger partial charge in [-0.2, -0.15) is 5.10 Å². The molecule has 0 spiro atoms. The Morgan fingerprint density at radius 3 is 2.78 bits per heavy atom. The number of carbonyl (C=O) groups is 1. The van der Waals surface area contributed by atoms with Crippen LogP contribution in [0.3, 0.4) is 0 Å². The molecule has 2 aromatic carbocycles. The number of rotatable bonds is 6. The average molecular weight is 444 g/mol. The molecule has 5 aromatic rings. The first-order valence-corrected chi connectivity index (χ1v) is 10.3. The van der Waals surface area contributed by atoms with E-state index >= 15 is 0 Å². The van der Waals surface area contributed by atoms with E-state index in [1.165, 1.54) is 0 Å². The van der Waals surface area contributed by atoms with Crippen molar-refractivity contribution in [3.8, 4) is 11.4 Å². The first-order valence-electron chi connectivity index (χ1n) is 9.92. The van der Waals surface area contributed by atoms with Gasteiger partial charge < -0.3 is 14.5 Å². The number of ether oxygens (including phenoxy) is 1. The molecule has 0 unspecified atom stereocenters. The molecule has 1 N–H and O–H groups in total. The van der Waals surface area contributed by atoms with Gasteiger partial charge in [0.1, 0.15) is 18.0 Å². The minimum atomic E-state index is -0.316. The summed E-state index contributed by atoms with van der Waals surface area (Å²) in [5.41, 5.74) is 3.36. The number of anilines is 1. The van der Waals surface area contributed by atoms with Crippen molar-refractivity contribution in [1.29, 1.82) is 0 Å². The maximum atomic E-state index is 12.6. The Kier molecular flexibility index (Phi) is 5.31. The van der Waals surface area contributed by atoms with Crippen molar-refractivity contribution in [3.63, 3.8) is 0 Å². The van der Waals surface area contributed by atoms with Crippen molar-refractivity contribution in [3.05, 3.63) is 108 Å². The van der Waals surface area contributed by atoms with E-state index in [-0.39, 0.29) is 5.91 Å². The van der Waals surface area contributed by atoms with Crippen LogP contribution < -0.4 is 10.1 Å². The van der Waals surface area contributed by atoms with Crippen LogP contribution >= 0.6 is 11.6 Å². The fourth-order valence-corrected chi connectivity index (χ4v) is 3.46. The summed E-state index contributed by atoms with van der Waals surface area (Å²) < 4.78 is 9.41. The summed E-state index contributed by atoms with van der Waals surface area (Å²) >= 11 is 6.03. The lowest BCUT2D eigenvalue weighted by atomic mass is 10.3. The quantitative estimate of drug-likeness (QED) is 0.400. The number of amides is 1. The highest BCUT2D eigenvalue weighted by molar-refractivity contribution is 6.30. The lowest BCUT2D eigenvalue weighted by Crippen LogP contribution is -2.13. The minimum Gasteiger partial charge on any atom is -0.487 e. The number of benzene rings is 2. The second-order valence-electron chi connectivity index (χ2n) is 7.09. The maximum absolute atomic E-state index is 12.6. The van der Waals surface area contributed by atoms with Crippen LogP contribution in [-0.4, -0.2) is 25.1 Å². The molecule has 1 amide bonds. The van der Waals surface area contributed by atoms with Crippen molar-refractivity contribution in [2.24, 2.45) is 0 Å². The van der Waals surface area contributed by atoms with Gasteiger partial charge in [-0.3, -0.25) is 4.79 Å². The van der Waals surface area contributed by atoms with Gasteiger partial charge in [-0.15, -0.1) is 0 Å². The molecule has 0 aliphatic carbocycles. The highest BCUT2D eigenvalue weighted by atomic mass is 35.5. The van der Waals surface area contributed by atoms with Crippen molar-refractivity contribution >= 4 is 28.8 Å². The molecule has 0 radical (unpaired) electrons. The van der Waals surface area contributed by atoms with Gasteiger partial charge in [0, 0.05) is 35.4 Å². The van der Waals surface area contributed by atoms with Crippen LogP contribution in [0.5, 0.6) is 5.75 Å². The third kappa shape index (κ3) is 4.33. The number of hydrogen-bond donors (Lipinski definition) is 1. The van der Waals surface area contributed by atoms with Gasteiger partial charge in [0.2, 0.25) is 0 Å². The molecule has 3 heterocycles. The van der Waals surface area contributed by atoms with E-state index in [1.807, 2.05) is 59.3 Å². The zero-order valence-electron chi connectivity index (χ0n) is 16.9. The number of halogens is 1. The number of imidazole rings is 1. The second-order valence-corrected chi connectivity index (χ2v) is 7.53. The van der Waals surface area contributed by atoms with E-state index in [0.29, 0.717) is 28.8 Å². The number of hydrogen-bond acceptors (Lipinski definition) is 4. The molecule has 158 valence electrons. The summed E-state index contributed by atoms with van der Waals surface area (Å²) in [7, 11) is 0. The fraction of sp³-hybridized carbons (Fsp3) is 0.0417. The summed E-state index contributed by atoms with van der Waals surface area (Å²) in [6.45, 7) is 0.323. The van der Waals surface area contributed by atoms with Crippen LogP contribution in [-0.2, 0) is 6.61 Å². The molecule has 0 saturated carbocycles. The van der Waals surface area contributed by atoms with Gasteiger partial charge in [0.25, 0.3) is 5.91 Å². The highest BCUT2D eigenvalue weighted by Gasteiger charge is 2.11. The van der Waals surface area contributed by atoms with Gasteiger partial charge in [-0.25, -0.2) is 9.67 Å². The van der Waals surface area contributed by atoms with Gasteiger partial charge in [0.05, 0.1) is 11.4 Å². The third-order valence-corrected chi connectivity index (χ3v) is 5.02. The van der Waals surface area contributed by atoms with E-state index in [4.69, 9.17) is 16.3 Å². The minimum absolute atomic E-state index is 0.293. The Balaban J connectivity index is 1.25. The lowest BCUT2D eigenvalue weighted by molar-refractivity contribution is 0.102. The Morgan fingerprint density at radius 1 is 1.00 bits per heavy atom. The first-order chi connectivity index (χ1) is 15.6. The number of aromatic nitrogens is 4. The number of pyridine rings is 1. The van der Waals surface area contributed by atoms with E-state index in [1.54, 1.807) is 41.2 Å². The molecule has 0 aliphatic rings. The first kappa shape index (κ1) is 19.8. The summed E-state index contributed by atoms with van der Waals surface area (Å²) in [4.78, 5) is 17.2. The molecule has 0 saturated heterocycles. The Morgan fingerprint density at radius 2 is 1.91 bits per heavy atom. The predicted molar refractivity (Wildman–Crippen MR) is 122 cm³/mol. The zero-order chi connectivity index (χ0) is 21.9. The Labute approximate surface area is 188 Å². The van der Waals surface area contributed by atoms with Crippen molar-refractivity contribution in [2.45, 2.75) is 6.61 Å². The third-order valence-electron chi connectivity index (χ3n) is 4.79. The molecule has 0 atom stereocenters. The molecule has 0 aliphatic heterocycles. The van der Waals surface area contributed by atoms with E-state index in [9.17, 15) is 4.79 Å². The molecule has 32 heavy (non-hydrogen) atoms. The second kappa shape index (κ2) is 8.56. The van der Waals surface area contributed by atoms with Crippen LogP contribution in [0.2, 0.25) is 5.02 Å². The Bertz CT molecular complexity index is 1380. The monoisotopic (exact) mass is 443 g/mol. The van der Waals surface area contributed by atoms with E-state index in [0.717, 1.165) is 17.0 Å². The number of nitrogens with zero attached hydrogens (tertiary/aromatic N) is 4. The number of fused-ring (bicyclic) bond motifs is 1. The van der Waals surface area contributed by atoms with Crippen LogP contribution in [0, 0.1) is 0 Å². The molecule has 0 fully saturated rings. The van der Waals surface area contributed by atoms with Crippen LogP contribution in [0.4, 0.5) is 5.69 Å². The summed E-state index contributed by atoms with van der Waals surface area (Å²) in [5, 5.41) is 7.80. The summed E-state index contributed by atoms with van der Waals surface area (Å²) in [6.07, 6.45) is 5.59. The highest BCUT2D eigenvalue weighted by Crippen LogP contribution is 2.20. The van der Waals surface area contributed by atoms with Gasteiger partial charge in [-0.05, 0) is 48.5 Å². The zero-order valence-corrected chi connectivity index (χ0v) is 17.6. The van der Waals surface area contributed by atoms with Gasteiger partial charge >= 0.3 is 0 Å². The smallest absolute Gasteiger partial charge is 0.276 e. The van der Waals surface area contributed by atoms with Gasteiger partial charge in [-0.1, -0.05) is 29.8 Å². The maximum Gasteiger partial charge on any atom is 0.276 e. The van der Waals surface area contributed by atoms with E-state index in [2.05, 4.69) is 15.4 Å². The number of nitrogens with one attached hydrogen (secondary N) is 1. The summed E-state index contributed by atoms with van der Waals surface area (Å²) in [5.74, 6) is 0.313. The number of carbonyl (C=O) groups excluding carboxylic acids is 1. The van der Waals surface area contributed by atoms with Crippen LogP contribution in [0.1, 0.15) is 16.2 Å². The van der Waals surface area contributed by atoms with E-state index < -0.39 is 0 Å². The van der Waals surface area contributed by atoms with Crippen molar-refractivity contribution in [1.82, 2.24) is 19.2 Å². The Hall–Kier alpha value is -4.10. The molecular formula is C24H18ClN5O2. The van der Waals surface area contributed by atoms with Crippen LogP contribution in [0.25, 0.3) is 11.3 Å². The van der Waals surface area contributed by atoms with Crippen molar-refractivity contribution < 1.29 is 9.53 Å². The van der Waals surface area contributed by atoms with Gasteiger partial charge in [0.15, 0.2) is 5.69 Å². The van der Waals surface area contributed by atoms with Crippen LogP contribution in [0.15, 0.2) is 91.4 Å². The lowest BCUT2D eigenvalue weighted by Gasteiger charge is -2.08. The molecule has 5 rings (SSSR count). The SMILES string of the molecule is O=C(Nc1cccc(OCc2cn3ccccc3n2)c1)c1ccn(-c2cccc(Cl)c2)n1. The average Bonchev–Trinajstić information content (AvgIpc) is 3.45. The topological polar surface area (TPSA) is 73.4 Å². The largest absolute Gasteiger partial charge is 0.487 e. The summed E-state index contributed by atoms with van der Waals surface area (Å²) in [6, 6.07) is 21.9. The fourth-order valence-electron chi connectivity index (χ4n) is 3.28. The predicted octanol–water partition coefficient (Wildman–Crippen LogP) is 5.00. The molecule has 3 aromatic heterocycles. The normalized spacial score (nSPS) is 10.9. The molecule has 7 nitrogen and oxygen atoms in total. The van der Waals surface area contributed by atoms with Crippen molar-refractivity contribution in [2.75, 3.05) is 5.32 Å².